The predicted octanol–water partition coefficient (Wildman–Crippen LogP) is 4.69. The number of para-hydroxylation sites is 2. The molecule has 0 N–H and O–H groups in total. The number of Topliss-reactive ketones (excluding diaryl/α,β-unsaturated/α-hetero) is 2. The van der Waals surface area contributed by atoms with Gasteiger partial charge >= 0.3 is 0 Å². The Labute approximate surface area is 217 Å². The lowest BCUT2D eigenvalue weighted by Crippen LogP contribution is -2.37. The van der Waals surface area contributed by atoms with Crippen LogP contribution in [0.2, 0.25) is 0 Å². The van der Waals surface area contributed by atoms with Gasteiger partial charge in [-0.3, -0.25) is 38.9 Å². The van der Waals surface area contributed by atoms with Crippen molar-refractivity contribution in [3.8, 4) is 0 Å². The van der Waals surface area contributed by atoms with Crippen LogP contribution >= 0.6 is 0 Å². The maximum atomic E-state index is 14.0. The molecule has 2 aliphatic rings. The average Bonchev–Trinajstić information content (AvgIpc) is 3.39. The lowest BCUT2D eigenvalue weighted by atomic mass is 10.1. The summed E-state index contributed by atoms with van der Waals surface area (Å²) in [5, 5.41) is 0. The molecule has 0 unspecified atom stereocenters. The molecule has 38 heavy (non-hydrogen) atoms. The van der Waals surface area contributed by atoms with E-state index in [1.807, 2.05) is 0 Å². The minimum atomic E-state index is -0.523. The first-order valence-electron chi connectivity index (χ1n) is 11.9. The van der Waals surface area contributed by atoms with Gasteiger partial charge < -0.3 is 0 Å². The number of allylic oxidation sites excluding steroid dienone is 2. The summed E-state index contributed by atoms with van der Waals surface area (Å²) in [7, 11) is 0. The van der Waals surface area contributed by atoms with E-state index in [4.69, 9.17) is 0 Å². The number of nitrogens with zero attached hydrogens (tertiary/aromatic N) is 4. The Morgan fingerprint density at radius 1 is 0.579 bits per heavy atom. The molecule has 6 rings (SSSR count). The summed E-state index contributed by atoms with van der Waals surface area (Å²) in [6.45, 7) is 3.39. The summed E-state index contributed by atoms with van der Waals surface area (Å²) in [5.41, 5.74) is 2.35. The van der Waals surface area contributed by atoms with Gasteiger partial charge in [-0.2, -0.15) is 0 Å². The van der Waals surface area contributed by atoms with Gasteiger partial charge in [0.1, 0.15) is 11.4 Å². The zero-order chi connectivity index (χ0) is 26.6. The molecule has 0 saturated heterocycles. The maximum absolute atomic E-state index is 14.0. The highest BCUT2D eigenvalue weighted by Gasteiger charge is 2.47. The Morgan fingerprint density at radius 3 is 1.37 bits per heavy atom. The largest absolute Gasteiger partial charge is 0.287 e. The van der Waals surface area contributed by atoms with Crippen LogP contribution in [0, 0.1) is 13.8 Å². The Morgan fingerprint density at radius 2 is 0.974 bits per heavy atom. The van der Waals surface area contributed by atoms with Crippen LogP contribution < -0.4 is 9.80 Å². The average molecular weight is 501 g/mol. The number of aryl methyl sites for hydroxylation is 2. The van der Waals surface area contributed by atoms with Gasteiger partial charge in [-0.1, -0.05) is 24.3 Å². The molecule has 4 aromatic rings. The van der Waals surface area contributed by atoms with Crippen molar-refractivity contribution in [1.29, 1.82) is 0 Å². The van der Waals surface area contributed by atoms with Crippen LogP contribution in [0.25, 0.3) is 0 Å². The van der Waals surface area contributed by atoms with Gasteiger partial charge in [-0.25, -0.2) is 0 Å². The van der Waals surface area contributed by atoms with Gasteiger partial charge in [0.05, 0.1) is 22.5 Å². The number of hydrogen-bond donors (Lipinski definition) is 0. The summed E-state index contributed by atoms with van der Waals surface area (Å²) in [6, 6.07) is 19.8. The predicted molar refractivity (Wildman–Crippen MR) is 140 cm³/mol. The minimum absolute atomic E-state index is 0.171. The van der Waals surface area contributed by atoms with Crippen LogP contribution in [-0.2, 0) is 0 Å². The fourth-order valence-corrected chi connectivity index (χ4v) is 4.93. The molecule has 0 radical (unpaired) electrons. The van der Waals surface area contributed by atoms with Gasteiger partial charge in [-0.15, -0.1) is 0 Å². The van der Waals surface area contributed by atoms with Crippen molar-refractivity contribution in [2.24, 2.45) is 0 Å². The lowest BCUT2D eigenvalue weighted by Gasteiger charge is -2.25. The van der Waals surface area contributed by atoms with Crippen LogP contribution in [0.5, 0.6) is 0 Å². The fraction of sp³-hybridized carbons (Fsp3) is 0.0667. The van der Waals surface area contributed by atoms with Crippen molar-refractivity contribution in [3.05, 3.63) is 130 Å². The highest BCUT2D eigenvalue weighted by atomic mass is 16.2. The number of amides is 2. The SMILES string of the molecule is Cc1ncccc1C(=O)N1/C(=C2\C(=O)c3ccccc3N2C(=O)c2cccnc2C)C(=O)c2ccccc21. The second-order valence-electron chi connectivity index (χ2n) is 8.94. The molecule has 2 aliphatic heterocycles. The van der Waals surface area contributed by atoms with E-state index in [1.165, 1.54) is 9.80 Å². The molecule has 0 bridgehead atoms. The Kier molecular flexibility index (Phi) is 5.31. The molecule has 2 aromatic carbocycles. The van der Waals surface area contributed by atoms with E-state index in [0.717, 1.165) is 0 Å². The summed E-state index contributed by atoms with van der Waals surface area (Å²) in [6.07, 6.45) is 3.14. The normalized spacial score (nSPS) is 16.1. The highest BCUT2D eigenvalue weighted by Crippen LogP contribution is 2.43. The van der Waals surface area contributed by atoms with E-state index in [9.17, 15) is 19.2 Å². The van der Waals surface area contributed by atoms with Crippen molar-refractivity contribution in [3.63, 3.8) is 0 Å². The fourth-order valence-electron chi connectivity index (χ4n) is 4.93. The monoisotopic (exact) mass is 500 g/mol. The second-order valence-corrected chi connectivity index (χ2v) is 8.94. The van der Waals surface area contributed by atoms with Crippen LogP contribution in [0.4, 0.5) is 11.4 Å². The first-order valence-corrected chi connectivity index (χ1v) is 11.9. The van der Waals surface area contributed by atoms with Crippen molar-refractivity contribution >= 4 is 34.8 Å². The topological polar surface area (TPSA) is 101 Å². The van der Waals surface area contributed by atoms with Crippen molar-refractivity contribution < 1.29 is 19.2 Å². The molecule has 2 aromatic heterocycles. The number of rotatable bonds is 2. The number of fused-ring (bicyclic) bond motifs is 2. The molecule has 8 nitrogen and oxygen atoms in total. The van der Waals surface area contributed by atoms with E-state index in [0.29, 0.717) is 22.8 Å². The quantitative estimate of drug-likeness (QED) is 0.370. The third-order valence-corrected chi connectivity index (χ3v) is 6.76. The molecule has 4 heterocycles. The molecular weight excluding hydrogens is 480 g/mol. The number of aromatic nitrogens is 2. The number of hydrogen-bond acceptors (Lipinski definition) is 6. The first-order chi connectivity index (χ1) is 18.4. The number of pyridine rings is 2. The number of benzene rings is 2. The molecule has 8 heteroatoms. The standard InChI is InChI=1S/C30H20N4O4/c1-17-19(11-7-15-31-17)29(37)33-23-13-5-3-9-21(23)27(35)25(33)26-28(36)22-10-4-6-14-24(22)34(26)30(38)20-12-8-16-32-18(20)2/h3-16H,1-2H3/b26-25+. The van der Waals surface area contributed by atoms with E-state index >= 15 is 0 Å². The maximum Gasteiger partial charge on any atom is 0.264 e. The molecule has 0 fully saturated rings. The van der Waals surface area contributed by atoms with Gasteiger partial charge in [0, 0.05) is 34.9 Å². The van der Waals surface area contributed by atoms with E-state index in [2.05, 4.69) is 9.97 Å². The first kappa shape index (κ1) is 23.2. The van der Waals surface area contributed by atoms with E-state index in [-0.39, 0.29) is 33.6 Å². The van der Waals surface area contributed by atoms with Crippen LogP contribution in [0.15, 0.2) is 96.6 Å². The van der Waals surface area contributed by atoms with Crippen molar-refractivity contribution in [1.82, 2.24) is 9.97 Å². The minimum Gasteiger partial charge on any atom is -0.287 e. The van der Waals surface area contributed by atoms with Gasteiger partial charge in [0.25, 0.3) is 11.8 Å². The van der Waals surface area contributed by atoms with Crippen molar-refractivity contribution in [2.45, 2.75) is 13.8 Å². The zero-order valence-electron chi connectivity index (χ0n) is 20.5. The number of carbonyl (C=O) groups is 4. The molecule has 0 saturated carbocycles. The third-order valence-electron chi connectivity index (χ3n) is 6.76. The van der Waals surface area contributed by atoms with Crippen molar-refractivity contribution in [2.75, 3.05) is 9.80 Å². The summed E-state index contributed by atoms with van der Waals surface area (Å²) in [4.78, 5) is 66.7. The highest BCUT2D eigenvalue weighted by molar-refractivity contribution is 6.35. The van der Waals surface area contributed by atoms with Crippen LogP contribution in [-0.4, -0.2) is 33.3 Å². The molecule has 2 amide bonds. The van der Waals surface area contributed by atoms with E-state index in [1.54, 1.807) is 99.0 Å². The smallest absolute Gasteiger partial charge is 0.264 e. The lowest BCUT2D eigenvalue weighted by molar-refractivity contribution is 0.0953. The molecular formula is C30H20N4O4. The summed E-state index contributed by atoms with van der Waals surface area (Å²) < 4.78 is 0. The molecule has 0 atom stereocenters. The summed E-state index contributed by atoms with van der Waals surface area (Å²) >= 11 is 0. The van der Waals surface area contributed by atoms with Crippen LogP contribution in [0.3, 0.4) is 0 Å². The number of carbonyl (C=O) groups excluding carboxylic acids is 4. The van der Waals surface area contributed by atoms with E-state index < -0.39 is 23.4 Å². The number of anilines is 2. The van der Waals surface area contributed by atoms with Gasteiger partial charge in [0.2, 0.25) is 11.6 Å². The zero-order valence-corrected chi connectivity index (χ0v) is 20.5. The van der Waals surface area contributed by atoms with Gasteiger partial charge in [0.15, 0.2) is 0 Å². The van der Waals surface area contributed by atoms with Crippen LogP contribution in [0.1, 0.15) is 52.8 Å². The Hall–Kier alpha value is -5.24. The summed E-state index contributed by atoms with van der Waals surface area (Å²) in [5.74, 6) is -2.09. The second kappa shape index (κ2) is 8.70. The Bertz CT molecular complexity index is 1610. The van der Waals surface area contributed by atoms with Gasteiger partial charge in [-0.05, 0) is 62.4 Å². The number of ketones is 2. The molecule has 0 spiro atoms. The molecule has 0 aliphatic carbocycles. The third kappa shape index (κ3) is 3.31. The molecule has 184 valence electrons. The Balaban J connectivity index is 1.64.